The molecule has 0 atom stereocenters. The smallest absolute Gasteiger partial charge is 0.171 e. The number of rotatable bonds is 4. The normalized spacial score (nSPS) is 9.35. The molecular weight excluding hydrogens is 744 g/mol. The van der Waals surface area contributed by atoms with Gasteiger partial charge >= 0.3 is 30.2 Å². The molecule has 0 amide bonds. The average molecular weight is 798 g/mol. The van der Waals surface area contributed by atoms with Gasteiger partial charge in [-0.2, -0.15) is 97.8 Å². The molecule has 54 heavy (non-hydrogen) atoms. The van der Waals surface area contributed by atoms with Crippen LogP contribution in [0.5, 0.6) is 0 Å². The maximum Gasteiger partial charge on any atom is -0.171 e. The molecule has 2 heteroatoms. The molecule has 0 aliphatic carbocycles. The number of unbranched alkanes of at least 4 members (excludes halogenated alkanes) is 2. The monoisotopic (exact) mass is 796 g/mol. The van der Waals surface area contributed by atoms with Crippen LogP contribution in [0.25, 0.3) is 43.8 Å². The quantitative estimate of drug-likeness (QED) is 0.123. The summed E-state index contributed by atoms with van der Waals surface area (Å²) in [6.07, 6.45) is 4.56. The van der Waals surface area contributed by atoms with Gasteiger partial charge in [0.25, 0.3) is 0 Å². The summed E-state index contributed by atoms with van der Waals surface area (Å²) in [5.41, 5.74) is 7.89. The first-order valence-electron chi connectivity index (χ1n) is 18.6. The molecule has 0 saturated heterocycles. The summed E-state index contributed by atoms with van der Waals surface area (Å²) in [6, 6.07) is 68.1. The van der Waals surface area contributed by atoms with E-state index >= 15 is 0 Å². The Balaban J connectivity index is 0.000000245. The number of aryl methyl sites for hydroxylation is 2. The standard InChI is InChI=1S/2C16H13.2C6H5.2C4H9.Si.Zr/c2*1-12-10-14-8-5-9-15(16(14)11-12)13-6-3-2-4-7-13;2*1-2-4-6-5-3-1;2*1-3-4-2;;/h2*2-11H,1H3;2*1-5H;2*1,3-4H2,2H3;;/q6*-1;;. The minimum Gasteiger partial charge on any atom is -0.184 e. The van der Waals surface area contributed by atoms with Crippen molar-refractivity contribution >= 4 is 28.4 Å². The van der Waals surface area contributed by atoms with Crippen LogP contribution in [0.2, 0.25) is 0 Å². The van der Waals surface area contributed by atoms with E-state index in [1.807, 2.05) is 60.7 Å². The number of hydrogen-bond acceptors (Lipinski definition) is 0. The molecule has 0 saturated carbocycles. The fraction of sp³-hybridized carbons (Fsp3) is 0.154. The van der Waals surface area contributed by atoms with Crippen molar-refractivity contribution in [2.75, 3.05) is 0 Å². The van der Waals surface area contributed by atoms with Crippen molar-refractivity contribution in [3.05, 3.63) is 219 Å². The third kappa shape index (κ3) is 17.2. The molecule has 0 unspecified atom stereocenters. The van der Waals surface area contributed by atoms with Crippen LogP contribution in [0.3, 0.4) is 0 Å². The Morgan fingerprint density at radius 3 is 1.06 bits per heavy atom. The zero-order chi connectivity index (χ0) is 39.2. The molecule has 0 fully saturated rings. The maximum atomic E-state index is 3.60. The average Bonchev–Trinajstić information content (AvgIpc) is 3.85. The number of hydrogen-bond donors (Lipinski definition) is 0. The Hall–Kier alpha value is -4.36. The summed E-state index contributed by atoms with van der Waals surface area (Å²) in [5, 5.41) is 5.37. The Bertz CT molecular complexity index is 1830. The first kappa shape index (κ1) is 45.8. The third-order valence-corrected chi connectivity index (χ3v) is 7.88. The summed E-state index contributed by atoms with van der Waals surface area (Å²) in [6.45, 7) is 18.8. The van der Waals surface area contributed by atoms with Crippen molar-refractivity contribution in [2.24, 2.45) is 0 Å². The predicted octanol–water partition coefficient (Wildman–Crippen LogP) is 14.9. The first-order valence-corrected chi connectivity index (χ1v) is 22.8. The van der Waals surface area contributed by atoms with Gasteiger partial charge in [-0.25, -0.2) is 0 Å². The van der Waals surface area contributed by atoms with Gasteiger partial charge in [0.15, 0.2) is 0 Å². The minimum absolute atomic E-state index is 1.07. The molecule has 276 valence electrons. The van der Waals surface area contributed by atoms with E-state index in [9.17, 15) is 0 Å². The molecule has 0 nitrogen and oxygen atoms in total. The molecule has 0 N–H and O–H groups in total. The molecule has 8 aromatic carbocycles. The van der Waals surface area contributed by atoms with E-state index in [1.165, 1.54) is 91.1 Å². The van der Waals surface area contributed by atoms with E-state index in [-0.39, 0.29) is 0 Å². The second-order valence-electron chi connectivity index (χ2n) is 12.3. The van der Waals surface area contributed by atoms with Crippen molar-refractivity contribution in [2.45, 2.75) is 53.4 Å². The van der Waals surface area contributed by atoms with Crippen LogP contribution < -0.4 is 0 Å². The van der Waals surface area contributed by atoms with Gasteiger partial charge in [0.2, 0.25) is 0 Å². The number of fused-ring (bicyclic) bond motifs is 2. The van der Waals surface area contributed by atoms with E-state index in [4.69, 9.17) is 0 Å². The Kier molecular flexibility index (Phi) is 24.6. The van der Waals surface area contributed by atoms with Crippen LogP contribution in [0.15, 0.2) is 182 Å². The molecule has 8 aromatic rings. The van der Waals surface area contributed by atoms with Gasteiger partial charge in [-0.3, -0.25) is 0 Å². The van der Waals surface area contributed by atoms with Gasteiger partial charge in [0, 0.05) is 0 Å². The third-order valence-electron chi connectivity index (χ3n) is 7.88. The molecule has 0 bridgehead atoms. The SMILES string of the molecule is Cc1cc2c(-c3ccccc3)cccc2[cH-]1.Cc1cc2c(-c3ccccc3)cccc2[cH-]1.[CH2-]CCC.[CH2-]CCC.[Si]=[Zr].[c-]1ccccc1.[c-]1ccccc1. The second-order valence-corrected chi connectivity index (χ2v) is 12.3. The van der Waals surface area contributed by atoms with Gasteiger partial charge in [-0.05, 0) is 11.1 Å². The molecule has 8 rings (SSSR count). The maximum absolute atomic E-state index is 3.60. The first-order chi connectivity index (χ1) is 26.5. The summed E-state index contributed by atoms with van der Waals surface area (Å²) in [5.74, 6) is 0. The van der Waals surface area contributed by atoms with Gasteiger partial charge in [-0.15, -0.1) is 69.1 Å². The molecule has 0 spiro atoms. The minimum atomic E-state index is 1.07. The fourth-order valence-corrected chi connectivity index (χ4v) is 5.19. The summed E-state index contributed by atoms with van der Waals surface area (Å²) < 4.78 is 0. The zero-order valence-electron chi connectivity index (χ0n) is 32.6. The topological polar surface area (TPSA) is 0 Å². The molecule has 2 radical (unpaired) electrons. The van der Waals surface area contributed by atoms with Crippen molar-refractivity contribution in [1.29, 1.82) is 0 Å². The number of benzene rings is 6. The molecule has 0 aromatic heterocycles. The van der Waals surface area contributed by atoms with Crippen LogP contribution in [-0.2, 0) is 23.3 Å². The summed E-state index contributed by atoms with van der Waals surface area (Å²) in [4.78, 5) is 0. The molecular formula is C52H54SiZr-6. The van der Waals surface area contributed by atoms with Crippen LogP contribution >= 0.6 is 0 Å². The van der Waals surface area contributed by atoms with Gasteiger partial charge < -0.3 is 13.8 Å². The van der Waals surface area contributed by atoms with E-state index in [2.05, 4.69) is 182 Å². The summed E-state index contributed by atoms with van der Waals surface area (Å²) in [7, 11) is 0. The Labute approximate surface area is 344 Å². The van der Waals surface area contributed by atoms with Crippen molar-refractivity contribution in [1.82, 2.24) is 0 Å². The zero-order valence-corrected chi connectivity index (χ0v) is 36.0. The fourth-order valence-electron chi connectivity index (χ4n) is 5.19. The second kappa shape index (κ2) is 29.1. The summed E-state index contributed by atoms with van der Waals surface area (Å²) >= 11 is 1.36. The van der Waals surface area contributed by atoms with Gasteiger partial charge in [0.05, 0.1) is 0 Å². The van der Waals surface area contributed by atoms with Crippen LogP contribution in [0, 0.1) is 39.8 Å². The van der Waals surface area contributed by atoms with Crippen LogP contribution in [0.1, 0.15) is 50.7 Å². The van der Waals surface area contributed by atoms with Crippen molar-refractivity contribution in [3.8, 4) is 22.3 Å². The van der Waals surface area contributed by atoms with E-state index in [0.29, 0.717) is 0 Å². The van der Waals surface area contributed by atoms with E-state index in [1.54, 1.807) is 0 Å². The van der Waals surface area contributed by atoms with Crippen LogP contribution in [0.4, 0.5) is 0 Å². The molecule has 0 aliphatic rings. The van der Waals surface area contributed by atoms with Crippen molar-refractivity contribution < 1.29 is 23.3 Å². The largest absolute Gasteiger partial charge is 0.184 e. The van der Waals surface area contributed by atoms with Crippen LogP contribution in [-0.4, -0.2) is 6.88 Å². The van der Waals surface area contributed by atoms with Gasteiger partial charge in [0.1, 0.15) is 0 Å². The molecule has 0 heterocycles. The van der Waals surface area contributed by atoms with Gasteiger partial charge in [-0.1, -0.05) is 124 Å². The van der Waals surface area contributed by atoms with Crippen molar-refractivity contribution in [3.63, 3.8) is 0 Å². The Morgan fingerprint density at radius 2 is 0.796 bits per heavy atom. The Morgan fingerprint density at radius 1 is 0.481 bits per heavy atom. The molecule has 0 aliphatic heterocycles. The predicted molar refractivity (Wildman–Crippen MR) is 236 cm³/mol. The van der Waals surface area contributed by atoms with E-state index < -0.39 is 0 Å². The van der Waals surface area contributed by atoms with E-state index in [0.717, 1.165) is 12.8 Å².